The van der Waals surface area contributed by atoms with Gasteiger partial charge in [-0.3, -0.25) is 0 Å². The standard InChI is InChI=1S/C42H25N3O/c1-2-12-27-25-38-34(24-26(27)11-1)30-15-3-7-21-37(30)45(38)29-14-9-13-28(23-29)40-41(44-36-20-6-5-19-35(36)43-40)33-18-10-17-32-31-16-4-8-22-39(31)46-42(32)33/h1-25H. The van der Waals surface area contributed by atoms with Gasteiger partial charge in [-0.05, 0) is 65.4 Å². The molecule has 214 valence electrons. The summed E-state index contributed by atoms with van der Waals surface area (Å²) in [4.78, 5) is 10.5. The predicted octanol–water partition coefficient (Wildman–Crippen LogP) is 11.1. The van der Waals surface area contributed by atoms with Crippen LogP contribution in [0.3, 0.4) is 0 Å². The first-order valence-electron chi connectivity index (χ1n) is 15.5. The molecule has 0 saturated carbocycles. The number of nitrogens with zero attached hydrogens (tertiary/aromatic N) is 3. The largest absolute Gasteiger partial charge is 0.455 e. The van der Waals surface area contributed by atoms with Crippen LogP contribution in [0.4, 0.5) is 0 Å². The SMILES string of the molecule is c1cc(-c2nc3ccccc3nc2-c2cccc3c2oc2ccccc23)cc(-n2c3ccccc3c3cc4ccccc4cc32)c1. The minimum absolute atomic E-state index is 0.800. The number of hydrogen-bond acceptors (Lipinski definition) is 3. The molecular formula is C42H25N3O. The Labute approximate surface area is 263 Å². The second-order valence-corrected chi connectivity index (χ2v) is 11.8. The fourth-order valence-corrected chi connectivity index (χ4v) is 7.05. The van der Waals surface area contributed by atoms with E-state index in [2.05, 4.69) is 114 Å². The summed E-state index contributed by atoms with van der Waals surface area (Å²) in [7, 11) is 0. The fraction of sp³-hybridized carbons (Fsp3) is 0. The van der Waals surface area contributed by atoms with Crippen molar-refractivity contribution in [2.24, 2.45) is 0 Å². The van der Waals surface area contributed by atoms with E-state index in [4.69, 9.17) is 14.4 Å². The number of furan rings is 1. The van der Waals surface area contributed by atoms with E-state index >= 15 is 0 Å². The highest BCUT2D eigenvalue weighted by Crippen LogP contribution is 2.40. The Morgan fingerprint density at radius 2 is 1.13 bits per heavy atom. The third-order valence-electron chi connectivity index (χ3n) is 9.15. The van der Waals surface area contributed by atoms with Crippen molar-refractivity contribution in [3.63, 3.8) is 0 Å². The monoisotopic (exact) mass is 587 g/mol. The van der Waals surface area contributed by atoms with E-state index in [-0.39, 0.29) is 0 Å². The average Bonchev–Trinajstić information content (AvgIpc) is 3.66. The van der Waals surface area contributed by atoms with Gasteiger partial charge in [0.05, 0.1) is 27.8 Å². The third kappa shape index (κ3) is 3.67. The molecule has 4 nitrogen and oxygen atoms in total. The molecule has 7 aromatic carbocycles. The van der Waals surface area contributed by atoms with Crippen molar-refractivity contribution in [1.29, 1.82) is 0 Å². The van der Waals surface area contributed by atoms with E-state index in [9.17, 15) is 0 Å². The molecule has 0 N–H and O–H groups in total. The van der Waals surface area contributed by atoms with Crippen molar-refractivity contribution in [2.45, 2.75) is 0 Å². The summed E-state index contributed by atoms with van der Waals surface area (Å²) in [6, 6.07) is 53.1. The molecule has 3 aromatic heterocycles. The molecule has 0 bridgehead atoms. The molecule has 3 heterocycles. The number of fused-ring (bicyclic) bond motifs is 8. The molecule has 0 spiro atoms. The Kier molecular flexibility index (Phi) is 5.25. The van der Waals surface area contributed by atoms with Crippen LogP contribution in [-0.2, 0) is 0 Å². The summed E-state index contributed by atoms with van der Waals surface area (Å²) in [5, 5.41) is 7.09. The minimum Gasteiger partial charge on any atom is -0.455 e. The lowest BCUT2D eigenvalue weighted by Crippen LogP contribution is -1.98. The first-order chi connectivity index (χ1) is 22.8. The third-order valence-corrected chi connectivity index (χ3v) is 9.15. The van der Waals surface area contributed by atoms with Crippen molar-refractivity contribution in [3.8, 4) is 28.2 Å². The Balaban J connectivity index is 1.25. The highest BCUT2D eigenvalue weighted by Gasteiger charge is 2.20. The molecule has 0 unspecified atom stereocenters. The van der Waals surface area contributed by atoms with Gasteiger partial charge in [0.1, 0.15) is 16.9 Å². The summed E-state index contributed by atoms with van der Waals surface area (Å²) < 4.78 is 8.85. The van der Waals surface area contributed by atoms with E-state index in [1.807, 2.05) is 42.5 Å². The first-order valence-corrected chi connectivity index (χ1v) is 15.5. The predicted molar refractivity (Wildman–Crippen MR) is 190 cm³/mol. The zero-order chi connectivity index (χ0) is 30.2. The van der Waals surface area contributed by atoms with Gasteiger partial charge in [0, 0.05) is 38.4 Å². The molecule has 0 radical (unpaired) electrons. The Morgan fingerprint density at radius 3 is 2.00 bits per heavy atom. The average molecular weight is 588 g/mol. The normalized spacial score (nSPS) is 11.9. The molecule has 0 aliphatic heterocycles. The van der Waals surface area contributed by atoms with Crippen molar-refractivity contribution in [2.75, 3.05) is 0 Å². The van der Waals surface area contributed by atoms with E-state index in [1.165, 1.54) is 32.6 Å². The Hall–Kier alpha value is -6.26. The molecule has 0 amide bonds. The van der Waals surface area contributed by atoms with Crippen LogP contribution in [0, 0.1) is 0 Å². The smallest absolute Gasteiger partial charge is 0.144 e. The number of rotatable bonds is 3. The highest BCUT2D eigenvalue weighted by molar-refractivity contribution is 6.14. The number of hydrogen-bond donors (Lipinski definition) is 0. The summed E-state index contributed by atoms with van der Waals surface area (Å²) in [5.41, 5.74) is 10.3. The molecule has 10 aromatic rings. The minimum atomic E-state index is 0.800. The van der Waals surface area contributed by atoms with Crippen LogP contribution in [0.5, 0.6) is 0 Å². The molecular weight excluding hydrogens is 562 g/mol. The molecule has 0 fully saturated rings. The van der Waals surface area contributed by atoms with E-state index in [0.29, 0.717) is 0 Å². The summed E-state index contributed by atoms with van der Waals surface area (Å²) in [6.45, 7) is 0. The van der Waals surface area contributed by atoms with Crippen LogP contribution in [0.1, 0.15) is 0 Å². The van der Waals surface area contributed by atoms with Crippen LogP contribution < -0.4 is 0 Å². The van der Waals surface area contributed by atoms with Crippen LogP contribution in [0.25, 0.3) is 93.8 Å². The van der Waals surface area contributed by atoms with Gasteiger partial charge in [0.15, 0.2) is 0 Å². The second kappa shape index (κ2) is 9.62. The fourth-order valence-electron chi connectivity index (χ4n) is 7.05. The molecule has 0 atom stereocenters. The van der Waals surface area contributed by atoms with Crippen LogP contribution in [-0.4, -0.2) is 14.5 Å². The Morgan fingerprint density at radius 1 is 0.457 bits per heavy atom. The summed E-state index contributed by atoms with van der Waals surface area (Å²) in [6.07, 6.45) is 0. The van der Waals surface area contributed by atoms with E-state index in [0.717, 1.165) is 61.2 Å². The van der Waals surface area contributed by atoms with Gasteiger partial charge in [0.2, 0.25) is 0 Å². The summed E-state index contributed by atoms with van der Waals surface area (Å²) in [5.74, 6) is 0. The molecule has 0 saturated heterocycles. The van der Waals surface area contributed by atoms with Gasteiger partial charge in [-0.15, -0.1) is 0 Å². The number of aromatic nitrogens is 3. The quantitative estimate of drug-likeness (QED) is 0.207. The maximum atomic E-state index is 6.48. The van der Waals surface area contributed by atoms with Crippen molar-refractivity contribution >= 4 is 65.6 Å². The van der Waals surface area contributed by atoms with Gasteiger partial charge in [0.25, 0.3) is 0 Å². The van der Waals surface area contributed by atoms with Crippen molar-refractivity contribution < 1.29 is 4.42 Å². The molecule has 0 aliphatic carbocycles. The van der Waals surface area contributed by atoms with Gasteiger partial charge in [-0.25, -0.2) is 9.97 Å². The molecule has 46 heavy (non-hydrogen) atoms. The van der Waals surface area contributed by atoms with Crippen molar-refractivity contribution in [3.05, 3.63) is 152 Å². The van der Waals surface area contributed by atoms with Crippen LogP contribution in [0.2, 0.25) is 0 Å². The lowest BCUT2D eigenvalue weighted by molar-refractivity contribution is 0.670. The zero-order valence-electron chi connectivity index (χ0n) is 24.7. The van der Waals surface area contributed by atoms with Gasteiger partial charge in [-0.2, -0.15) is 0 Å². The van der Waals surface area contributed by atoms with E-state index in [1.54, 1.807) is 0 Å². The van der Waals surface area contributed by atoms with Gasteiger partial charge < -0.3 is 8.98 Å². The molecule has 4 heteroatoms. The van der Waals surface area contributed by atoms with E-state index < -0.39 is 0 Å². The maximum Gasteiger partial charge on any atom is 0.144 e. The maximum absolute atomic E-state index is 6.48. The van der Waals surface area contributed by atoms with Crippen molar-refractivity contribution in [1.82, 2.24) is 14.5 Å². The topological polar surface area (TPSA) is 43.9 Å². The first kappa shape index (κ1) is 25.1. The second-order valence-electron chi connectivity index (χ2n) is 11.8. The highest BCUT2D eigenvalue weighted by atomic mass is 16.3. The number of benzene rings is 7. The van der Waals surface area contributed by atoms with Gasteiger partial charge in [-0.1, -0.05) is 97.1 Å². The Bertz CT molecular complexity index is 2820. The zero-order valence-corrected chi connectivity index (χ0v) is 24.7. The number of para-hydroxylation sites is 5. The van der Waals surface area contributed by atoms with Gasteiger partial charge >= 0.3 is 0 Å². The lowest BCUT2D eigenvalue weighted by atomic mass is 10.0. The summed E-state index contributed by atoms with van der Waals surface area (Å²) >= 11 is 0. The molecule has 0 aliphatic rings. The molecule has 10 rings (SSSR count). The van der Waals surface area contributed by atoms with Crippen LogP contribution in [0.15, 0.2) is 156 Å². The lowest BCUT2D eigenvalue weighted by Gasteiger charge is -2.14. The van der Waals surface area contributed by atoms with Crippen LogP contribution >= 0.6 is 0 Å².